The Morgan fingerprint density at radius 2 is 1.92 bits per heavy atom. The molecule has 1 aliphatic carbocycles. The molecular weight excluding hydrogens is 296 g/mol. The maximum absolute atomic E-state index is 13.6. The Morgan fingerprint density at radius 3 is 2.54 bits per heavy atom. The molecule has 1 amide bonds. The standard InChI is InChI=1S/C21H32N2O/c1-17-7-6-8-19(15-17)21(11-4-3-5-12-21)20(24)23-13-9-18(10-14-23)16-22-2/h6-8,15,18,22H,3-5,9-14,16H2,1-2H3. The number of nitrogens with one attached hydrogen (secondary N) is 1. The monoisotopic (exact) mass is 328 g/mol. The Balaban J connectivity index is 1.80. The van der Waals surface area contributed by atoms with Gasteiger partial charge >= 0.3 is 0 Å². The molecule has 0 spiro atoms. The molecule has 1 aliphatic heterocycles. The van der Waals surface area contributed by atoms with E-state index in [4.69, 9.17) is 0 Å². The van der Waals surface area contributed by atoms with Crippen molar-refractivity contribution in [1.29, 1.82) is 0 Å². The Bertz CT molecular complexity index is 555. The van der Waals surface area contributed by atoms with E-state index in [1.54, 1.807) is 0 Å². The summed E-state index contributed by atoms with van der Waals surface area (Å²) in [5.41, 5.74) is 2.25. The van der Waals surface area contributed by atoms with Gasteiger partial charge in [0.15, 0.2) is 0 Å². The van der Waals surface area contributed by atoms with E-state index in [2.05, 4.69) is 41.4 Å². The molecule has 0 radical (unpaired) electrons. The zero-order valence-electron chi connectivity index (χ0n) is 15.3. The Labute approximate surface area is 146 Å². The number of rotatable bonds is 4. The first-order valence-corrected chi connectivity index (χ1v) is 9.67. The molecular formula is C21H32N2O. The molecule has 1 N–H and O–H groups in total. The summed E-state index contributed by atoms with van der Waals surface area (Å²) >= 11 is 0. The smallest absolute Gasteiger partial charge is 0.233 e. The van der Waals surface area contributed by atoms with Crippen LogP contribution in [0.3, 0.4) is 0 Å². The van der Waals surface area contributed by atoms with Gasteiger partial charge in [-0.15, -0.1) is 0 Å². The number of likely N-dealkylation sites (tertiary alicyclic amines) is 1. The summed E-state index contributed by atoms with van der Waals surface area (Å²) in [6.45, 7) is 5.07. The lowest BCUT2D eigenvalue weighted by Gasteiger charge is -2.42. The molecule has 0 aromatic heterocycles. The predicted molar refractivity (Wildman–Crippen MR) is 99.2 cm³/mol. The highest BCUT2D eigenvalue weighted by Crippen LogP contribution is 2.42. The number of carbonyl (C=O) groups excluding carboxylic acids is 1. The van der Waals surface area contributed by atoms with E-state index in [9.17, 15) is 4.79 Å². The van der Waals surface area contributed by atoms with Gasteiger partial charge in [0.2, 0.25) is 5.91 Å². The van der Waals surface area contributed by atoms with Crippen molar-refractivity contribution in [2.24, 2.45) is 5.92 Å². The first kappa shape index (κ1) is 17.5. The van der Waals surface area contributed by atoms with Crippen molar-refractivity contribution in [2.45, 2.75) is 57.3 Å². The Hall–Kier alpha value is -1.35. The van der Waals surface area contributed by atoms with Gasteiger partial charge < -0.3 is 10.2 Å². The normalized spacial score (nSPS) is 21.7. The summed E-state index contributed by atoms with van der Waals surface area (Å²) in [6.07, 6.45) is 7.93. The summed E-state index contributed by atoms with van der Waals surface area (Å²) in [7, 11) is 2.02. The van der Waals surface area contributed by atoms with Crippen LogP contribution >= 0.6 is 0 Å². The van der Waals surface area contributed by atoms with Crippen LogP contribution in [0.2, 0.25) is 0 Å². The second-order valence-corrected chi connectivity index (χ2v) is 7.81. The van der Waals surface area contributed by atoms with E-state index in [1.165, 1.54) is 30.4 Å². The summed E-state index contributed by atoms with van der Waals surface area (Å²) in [5.74, 6) is 1.12. The molecule has 1 saturated carbocycles. The zero-order chi connectivity index (χ0) is 17.0. The van der Waals surface area contributed by atoms with E-state index in [1.807, 2.05) is 7.05 Å². The molecule has 2 aliphatic rings. The van der Waals surface area contributed by atoms with Crippen molar-refractivity contribution < 1.29 is 4.79 Å². The molecule has 1 aromatic carbocycles. The lowest BCUT2D eigenvalue weighted by molar-refractivity contribution is -0.140. The fraction of sp³-hybridized carbons (Fsp3) is 0.667. The minimum atomic E-state index is -0.264. The maximum atomic E-state index is 13.6. The summed E-state index contributed by atoms with van der Waals surface area (Å²) < 4.78 is 0. The second kappa shape index (κ2) is 7.69. The highest BCUT2D eigenvalue weighted by atomic mass is 16.2. The summed E-state index contributed by atoms with van der Waals surface area (Å²) in [5, 5.41) is 3.28. The molecule has 0 bridgehead atoms. The second-order valence-electron chi connectivity index (χ2n) is 7.81. The van der Waals surface area contributed by atoms with Gasteiger partial charge in [0.25, 0.3) is 0 Å². The summed E-state index contributed by atoms with van der Waals surface area (Å²) in [4.78, 5) is 15.7. The average molecular weight is 329 g/mol. The number of carbonyl (C=O) groups is 1. The average Bonchev–Trinajstić information content (AvgIpc) is 2.63. The number of hydrogen-bond donors (Lipinski definition) is 1. The SMILES string of the molecule is CNCC1CCN(C(=O)C2(c3cccc(C)c3)CCCCC2)CC1. The van der Waals surface area contributed by atoms with Crippen LogP contribution in [0.5, 0.6) is 0 Å². The van der Waals surface area contributed by atoms with Crippen molar-refractivity contribution in [2.75, 3.05) is 26.7 Å². The third-order valence-electron chi connectivity index (χ3n) is 6.08. The van der Waals surface area contributed by atoms with Crippen LogP contribution in [0, 0.1) is 12.8 Å². The van der Waals surface area contributed by atoms with Crippen LogP contribution in [0.15, 0.2) is 24.3 Å². The van der Waals surface area contributed by atoms with Crippen LogP contribution in [0.4, 0.5) is 0 Å². The fourth-order valence-electron chi connectivity index (χ4n) is 4.66. The quantitative estimate of drug-likeness (QED) is 0.915. The number of nitrogens with zero attached hydrogens (tertiary/aromatic N) is 1. The molecule has 24 heavy (non-hydrogen) atoms. The lowest BCUT2D eigenvalue weighted by atomic mass is 9.68. The molecule has 1 saturated heterocycles. The molecule has 3 rings (SSSR count). The predicted octanol–water partition coefficient (Wildman–Crippen LogP) is 3.65. The van der Waals surface area contributed by atoms with E-state index >= 15 is 0 Å². The van der Waals surface area contributed by atoms with Crippen molar-refractivity contribution in [3.8, 4) is 0 Å². The minimum Gasteiger partial charge on any atom is -0.342 e. The molecule has 0 atom stereocenters. The fourth-order valence-corrected chi connectivity index (χ4v) is 4.66. The van der Waals surface area contributed by atoms with Gasteiger partial charge in [0.05, 0.1) is 5.41 Å². The molecule has 1 aromatic rings. The maximum Gasteiger partial charge on any atom is 0.233 e. The Kier molecular flexibility index (Phi) is 5.60. The van der Waals surface area contributed by atoms with Gasteiger partial charge in [-0.25, -0.2) is 0 Å². The van der Waals surface area contributed by atoms with Crippen LogP contribution in [-0.2, 0) is 10.2 Å². The number of amides is 1. The molecule has 2 fully saturated rings. The third-order valence-corrected chi connectivity index (χ3v) is 6.08. The third kappa shape index (κ3) is 3.51. The van der Waals surface area contributed by atoms with E-state index in [-0.39, 0.29) is 5.41 Å². The highest BCUT2D eigenvalue weighted by molar-refractivity contribution is 5.88. The molecule has 3 heteroatoms. The first-order valence-electron chi connectivity index (χ1n) is 9.67. The van der Waals surface area contributed by atoms with Crippen LogP contribution < -0.4 is 5.32 Å². The molecule has 3 nitrogen and oxygen atoms in total. The van der Waals surface area contributed by atoms with E-state index < -0.39 is 0 Å². The minimum absolute atomic E-state index is 0.264. The lowest BCUT2D eigenvalue weighted by Crippen LogP contribution is -2.51. The highest BCUT2D eigenvalue weighted by Gasteiger charge is 2.44. The number of benzene rings is 1. The van der Waals surface area contributed by atoms with Gasteiger partial charge in [-0.05, 0) is 57.7 Å². The van der Waals surface area contributed by atoms with Crippen molar-refractivity contribution in [3.05, 3.63) is 35.4 Å². The van der Waals surface area contributed by atoms with E-state index in [0.717, 1.165) is 51.2 Å². The zero-order valence-corrected chi connectivity index (χ0v) is 15.3. The van der Waals surface area contributed by atoms with Gasteiger partial charge in [-0.1, -0.05) is 49.1 Å². The van der Waals surface area contributed by atoms with Crippen molar-refractivity contribution in [3.63, 3.8) is 0 Å². The molecule has 1 heterocycles. The van der Waals surface area contributed by atoms with E-state index in [0.29, 0.717) is 5.91 Å². The van der Waals surface area contributed by atoms with Gasteiger partial charge in [0.1, 0.15) is 0 Å². The largest absolute Gasteiger partial charge is 0.342 e. The first-order chi connectivity index (χ1) is 11.7. The topological polar surface area (TPSA) is 32.3 Å². The molecule has 132 valence electrons. The van der Waals surface area contributed by atoms with Crippen LogP contribution in [0.25, 0.3) is 0 Å². The van der Waals surface area contributed by atoms with Crippen molar-refractivity contribution >= 4 is 5.91 Å². The van der Waals surface area contributed by atoms with Gasteiger partial charge in [-0.3, -0.25) is 4.79 Å². The van der Waals surface area contributed by atoms with Gasteiger partial charge in [-0.2, -0.15) is 0 Å². The van der Waals surface area contributed by atoms with Gasteiger partial charge in [0, 0.05) is 13.1 Å². The van der Waals surface area contributed by atoms with Crippen LogP contribution in [0.1, 0.15) is 56.1 Å². The van der Waals surface area contributed by atoms with Crippen LogP contribution in [-0.4, -0.2) is 37.5 Å². The number of aryl methyl sites for hydroxylation is 1. The molecule has 0 unspecified atom stereocenters. The Morgan fingerprint density at radius 1 is 1.21 bits per heavy atom. The summed E-state index contributed by atoms with van der Waals surface area (Å²) in [6, 6.07) is 8.68. The number of hydrogen-bond acceptors (Lipinski definition) is 2. The van der Waals surface area contributed by atoms with Crippen molar-refractivity contribution in [1.82, 2.24) is 10.2 Å². The number of piperidine rings is 1.